The lowest BCUT2D eigenvalue weighted by Crippen LogP contribution is -2.29. The number of carbonyl (C=O) groups excluding carboxylic acids is 2. The molecule has 0 aliphatic rings. The van der Waals surface area contributed by atoms with E-state index in [-0.39, 0.29) is 11.5 Å². The van der Waals surface area contributed by atoms with Crippen LogP contribution in [0.4, 0.5) is 11.4 Å². The number of hydrogen-bond acceptors (Lipinski definition) is 4. The third-order valence-corrected chi connectivity index (χ3v) is 4.88. The SMILES string of the molecule is COc1ccc(NC(C)=O)cc1NC(=O)c1cccn(Cc2cc(C)ccc2C)c1=O. The molecule has 0 spiro atoms. The standard InChI is InChI=1S/C24H25N3O4/c1-15-7-8-16(2)18(12-15)14-27-11-5-6-20(24(27)30)23(29)26-21-13-19(25-17(3)28)9-10-22(21)31-4/h5-13H,14H2,1-4H3,(H,25,28)(H,26,29). The van der Waals surface area contributed by atoms with Crippen molar-refractivity contribution in [2.75, 3.05) is 17.7 Å². The molecule has 7 nitrogen and oxygen atoms in total. The monoisotopic (exact) mass is 419 g/mol. The van der Waals surface area contributed by atoms with E-state index in [0.717, 1.165) is 16.7 Å². The van der Waals surface area contributed by atoms with E-state index in [1.54, 1.807) is 30.5 Å². The number of aryl methyl sites for hydroxylation is 2. The van der Waals surface area contributed by atoms with Gasteiger partial charge in [0.15, 0.2) is 0 Å². The predicted molar refractivity (Wildman–Crippen MR) is 121 cm³/mol. The van der Waals surface area contributed by atoms with Crippen LogP contribution in [0.1, 0.15) is 34.0 Å². The van der Waals surface area contributed by atoms with Gasteiger partial charge in [-0.2, -0.15) is 0 Å². The minimum absolute atomic E-state index is 0.0137. The summed E-state index contributed by atoms with van der Waals surface area (Å²) in [5, 5.41) is 5.37. The Hall–Kier alpha value is -3.87. The van der Waals surface area contributed by atoms with Crippen LogP contribution in [-0.4, -0.2) is 23.5 Å². The lowest BCUT2D eigenvalue weighted by Gasteiger charge is -2.13. The number of benzene rings is 2. The van der Waals surface area contributed by atoms with Crippen molar-refractivity contribution in [3.63, 3.8) is 0 Å². The van der Waals surface area contributed by atoms with Crippen LogP contribution in [0.25, 0.3) is 0 Å². The first kappa shape index (κ1) is 21.8. The van der Waals surface area contributed by atoms with Crippen molar-refractivity contribution in [2.24, 2.45) is 0 Å². The molecule has 0 bridgehead atoms. The zero-order valence-corrected chi connectivity index (χ0v) is 18.0. The fourth-order valence-corrected chi connectivity index (χ4v) is 3.26. The van der Waals surface area contributed by atoms with Crippen LogP contribution in [0.2, 0.25) is 0 Å². The van der Waals surface area contributed by atoms with E-state index in [1.807, 2.05) is 32.0 Å². The highest BCUT2D eigenvalue weighted by Crippen LogP contribution is 2.28. The van der Waals surface area contributed by atoms with E-state index in [1.165, 1.54) is 24.7 Å². The number of aromatic nitrogens is 1. The van der Waals surface area contributed by atoms with Crippen LogP contribution in [0.3, 0.4) is 0 Å². The second-order valence-corrected chi connectivity index (χ2v) is 7.34. The number of methoxy groups -OCH3 is 1. The van der Waals surface area contributed by atoms with Crippen LogP contribution in [0.5, 0.6) is 5.75 Å². The van der Waals surface area contributed by atoms with Gasteiger partial charge in [-0.3, -0.25) is 14.4 Å². The summed E-state index contributed by atoms with van der Waals surface area (Å²) >= 11 is 0. The second-order valence-electron chi connectivity index (χ2n) is 7.34. The summed E-state index contributed by atoms with van der Waals surface area (Å²) in [6.45, 7) is 5.75. The fraction of sp³-hybridized carbons (Fsp3) is 0.208. The van der Waals surface area contributed by atoms with Gasteiger partial charge in [-0.1, -0.05) is 23.8 Å². The summed E-state index contributed by atoms with van der Waals surface area (Å²) in [6.07, 6.45) is 1.67. The number of ether oxygens (including phenoxy) is 1. The highest BCUT2D eigenvalue weighted by molar-refractivity contribution is 6.05. The molecule has 0 aliphatic carbocycles. The topological polar surface area (TPSA) is 89.4 Å². The molecule has 7 heteroatoms. The Morgan fingerprint density at radius 2 is 1.81 bits per heavy atom. The number of nitrogens with zero attached hydrogens (tertiary/aromatic N) is 1. The number of anilines is 2. The van der Waals surface area contributed by atoms with Gasteiger partial charge >= 0.3 is 0 Å². The van der Waals surface area contributed by atoms with Crippen LogP contribution < -0.4 is 20.9 Å². The molecule has 1 heterocycles. The molecular formula is C24H25N3O4. The zero-order valence-electron chi connectivity index (χ0n) is 18.0. The van der Waals surface area contributed by atoms with E-state index in [9.17, 15) is 14.4 Å². The highest BCUT2D eigenvalue weighted by atomic mass is 16.5. The van der Waals surface area contributed by atoms with Crippen molar-refractivity contribution < 1.29 is 14.3 Å². The molecule has 1 aromatic heterocycles. The number of carbonyl (C=O) groups is 2. The average molecular weight is 419 g/mol. The number of nitrogens with one attached hydrogen (secondary N) is 2. The van der Waals surface area contributed by atoms with Crippen molar-refractivity contribution in [3.8, 4) is 5.75 Å². The van der Waals surface area contributed by atoms with Gasteiger partial charge in [0.2, 0.25) is 5.91 Å². The third kappa shape index (κ3) is 5.19. The van der Waals surface area contributed by atoms with Gasteiger partial charge in [0.1, 0.15) is 11.3 Å². The van der Waals surface area contributed by atoms with Gasteiger partial charge in [0, 0.05) is 18.8 Å². The highest BCUT2D eigenvalue weighted by Gasteiger charge is 2.16. The Labute approximate surface area is 180 Å². The number of amides is 2. The maximum Gasteiger partial charge on any atom is 0.263 e. The molecule has 31 heavy (non-hydrogen) atoms. The van der Waals surface area contributed by atoms with E-state index in [4.69, 9.17) is 4.74 Å². The van der Waals surface area contributed by atoms with Gasteiger partial charge in [0.25, 0.3) is 11.5 Å². The largest absolute Gasteiger partial charge is 0.495 e. The summed E-state index contributed by atoms with van der Waals surface area (Å²) in [5.74, 6) is -0.382. The molecule has 0 atom stereocenters. The van der Waals surface area contributed by atoms with Gasteiger partial charge in [-0.05, 0) is 55.3 Å². The molecule has 0 saturated carbocycles. The smallest absolute Gasteiger partial charge is 0.263 e. The fourth-order valence-electron chi connectivity index (χ4n) is 3.26. The molecule has 0 radical (unpaired) electrons. The minimum atomic E-state index is -0.557. The summed E-state index contributed by atoms with van der Waals surface area (Å²) in [6, 6.07) is 14.1. The molecule has 0 aliphatic heterocycles. The Morgan fingerprint density at radius 3 is 2.52 bits per heavy atom. The van der Waals surface area contributed by atoms with Gasteiger partial charge in [-0.25, -0.2) is 0 Å². The van der Waals surface area contributed by atoms with Crippen LogP contribution >= 0.6 is 0 Å². The second kappa shape index (κ2) is 9.30. The average Bonchev–Trinajstić information content (AvgIpc) is 2.72. The summed E-state index contributed by atoms with van der Waals surface area (Å²) in [4.78, 5) is 37.2. The normalized spacial score (nSPS) is 10.5. The van der Waals surface area contributed by atoms with E-state index in [2.05, 4.69) is 10.6 Å². The van der Waals surface area contributed by atoms with Crippen LogP contribution in [-0.2, 0) is 11.3 Å². The van der Waals surface area contributed by atoms with Gasteiger partial charge < -0.3 is 19.9 Å². The van der Waals surface area contributed by atoms with Crippen molar-refractivity contribution >= 4 is 23.2 Å². The molecule has 3 rings (SSSR count). The lowest BCUT2D eigenvalue weighted by atomic mass is 10.1. The first-order chi connectivity index (χ1) is 14.8. The Kier molecular flexibility index (Phi) is 6.55. The summed E-state index contributed by atoms with van der Waals surface area (Å²) < 4.78 is 6.80. The third-order valence-electron chi connectivity index (χ3n) is 4.88. The first-order valence-electron chi connectivity index (χ1n) is 9.81. The van der Waals surface area contributed by atoms with E-state index >= 15 is 0 Å². The number of hydrogen-bond donors (Lipinski definition) is 2. The summed E-state index contributed by atoms with van der Waals surface area (Å²) in [5.41, 5.74) is 3.68. The Bertz CT molecular complexity index is 1200. The summed E-state index contributed by atoms with van der Waals surface area (Å²) in [7, 11) is 1.47. The first-order valence-corrected chi connectivity index (χ1v) is 9.81. The molecule has 2 N–H and O–H groups in total. The van der Waals surface area contributed by atoms with Crippen molar-refractivity contribution in [3.05, 3.63) is 87.3 Å². The van der Waals surface area contributed by atoms with Crippen LogP contribution in [0, 0.1) is 13.8 Å². The quantitative estimate of drug-likeness (QED) is 0.637. The predicted octanol–water partition coefficient (Wildman–Crippen LogP) is 3.73. The Morgan fingerprint density at radius 1 is 1.03 bits per heavy atom. The minimum Gasteiger partial charge on any atom is -0.495 e. The number of rotatable bonds is 6. The lowest BCUT2D eigenvalue weighted by molar-refractivity contribution is -0.114. The van der Waals surface area contributed by atoms with E-state index < -0.39 is 11.5 Å². The molecule has 160 valence electrons. The molecule has 0 saturated heterocycles. The molecule has 2 aromatic carbocycles. The maximum absolute atomic E-state index is 13.0. The maximum atomic E-state index is 13.0. The molecule has 0 unspecified atom stereocenters. The molecule has 0 fully saturated rings. The van der Waals surface area contributed by atoms with Crippen molar-refractivity contribution in [1.82, 2.24) is 4.57 Å². The van der Waals surface area contributed by atoms with E-state index in [0.29, 0.717) is 23.7 Å². The van der Waals surface area contributed by atoms with Crippen molar-refractivity contribution in [2.45, 2.75) is 27.3 Å². The van der Waals surface area contributed by atoms with Crippen LogP contribution in [0.15, 0.2) is 59.5 Å². The molecule has 3 aromatic rings. The molecular weight excluding hydrogens is 394 g/mol. The van der Waals surface area contributed by atoms with Gasteiger partial charge in [-0.15, -0.1) is 0 Å². The number of pyridine rings is 1. The van der Waals surface area contributed by atoms with Gasteiger partial charge in [0.05, 0.1) is 19.3 Å². The molecule has 2 amide bonds. The Balaban J connectivity index is 1.89. The van der Waals surface area contributed by atoms with Crippen molar-refractivity contribution in [1.29, 1.82) is 0 Å². The zero-order chi connectivity index (χ0) is 22.5.